The number of aromatic nitrogens is 2. The molecule has 2 heterocycles. The monoisotopic (exact) mass is 216 g/mol. The van der Waals surface area contributed by atoms with Crippen LogP contribution < -0.4 is 5.32 Å². The number of nitriles is 1. The molecule has 2 rings (SSSR count). The van der Waals surface area contributed by atoms with Crippen molar-refractivity contribution in [3.63, 3.8) is 0 Å². The van der Waals surface area contributed by atoms with Gasteiger partial charge in [-0.05, 0) is 19.1 Å². The van der Waals surface area contributed by atoms with Gasteiger partial charge < -0.3 is 9.73 Å². The number of anilines is 1. The Morgan fingerprint density at radius 1 is 1.56 bits per heavy atom. The van der Waals surface area contributed by atoms with Crippen LogP contribution in [0.3, 0.4) is 0 Å². The Kier molecular flexibility index (Phi) is 2.64. The highest BCUT2D eigenvalue weighted by Crippen LogP contribution is 2.14. The molecule has 0 aliphatic heterocycles. The Labute approximate surface area is 93.3 Å². The molecule has 0 bridgehead atoms. The number of hydrogen-bond donors (Lipinski definition) is 1. The van der Waals surface area contributed by atoms with Crippen LogP contribution in [0.25, 0.3) is 0 Å². The summed E-state index contributed by atoms with van der Waals surface area (Å²) in [5.74, 6) is 1.07. The molecule has 0 spiro atoms. The summed E-state index contributed by atoms with van der Waals surface area (Å²) in [5.41, 5.74) is 2.03. The number of aryl methyl sites for hydroxylation is 1. The van der Waals surface area contributed by atoms with Crippen LogP contribution in [0.1, 0.15) is 17.2 Å². The Hall–Kier alpha value is -2.22. The molecule has 5 nitrogen and oxygen atoms in total. The quantitative estimate of drug-likeness (QED) is 0.849. The van der Waals surface area contributed by atoms with Crippen molar-refractivity contribution in [2.75, 3.05) is 5.32 Å². The molecule has 0 amide bonds. The molecule has 0 saturated heterocycles. The second kappa shape index (κ2) is 4.11. The van der Waals surface area contributed by atoms with E-state index < -0.39 is 0 Å². The highest BCUT2D eigenvalue weighted by molar-refractivity contribution is 5.45. The van der Waals surface area contributed by atoms with Gasteiger partial charge in [0.1, 0.15) is 11.8 Å². The highest BCUT2D eigenvalue weighted by atomic mass is 16.3. The minimum Gasteiger partial charge on any atom is -0.449 e. The zero-order valence-electron chi connectivity index (χ0n) is 9.19. The lowest BCUT2D eigenvalue weighted by Crippen LogP contribution is -2.00. The molecule has 1 N–H and O–H groups in total. The molecule has 5 heteroatoms. The largest absolute Gasteiger partial charge is 0.449 e. The van der Waals surface area contributed by atoms with Gasteiger partial charge in [0.15, 0.2) is 0 Å². The van der Waals surface area contributed by atoms with Gasteiger partial charge in [0, 0.05) is 7.05 Å². The molecule has 0 aliphatic carbocycles. The lowest BCUT2D eigenvalue weighted by atomic mass is 10.3. The van der Waals surface area contributed by atoms with E-state index in [1.807, 2.05) is 20.0 Å². The summed E-state index contributed by atoms with van der Waals surface area (Å²) < 4.78 is 7.05. The summed E-state index contributed by atoms with van der Waals surface area (Å²) in [6.45, 7) is 2.53. The molecule has 0 aromatic carbocycles. The van der Waals surface area contributed by atoms with E-state index >= 15 is 0 Å². The van der Waals surface area contributed by atoms with E-state index in [0.717, 1.165) is 17.1 Å². The maximum atomic E-state index is 8.61. The van der Waals surface area contributed by atoms with E-state index in [1.165, 1.54) is 0 Å². The highest BCUT2D eigenvalue weighted by Gasteiger charge is 2.05. The van der Waals surface area contributed by atoms with Crippen molar-refractivity contribution in [3.8, 4) is 6.07 Å². The third kappa shape index (κ3) is 1.91. The van der Waals surface area contributed by atoms with E-state index in [9.17, 15) is 0 Å². The van der Waals surface area contributed by atoms with Crippen LogP contribution in [0.5, 0.6) is 0 Å². The SMILES string of the molecule is Cc1c(NCc2ccc(C#N)o2)cnn1C. The Bertz CT molecular complexity index is 532. The molecule has 0 fully saturated rings. The van der Waals surface area contributed by atoms with Gasteiger partial charge in [-0.1, -0.05) is 0 Å². The standard InChI is InChI=1S/C11H12N4O/c1-8-11(7-14-15(8)2)13-6-10-4-3-9(5-12)16-10/h3-4,7,13H,6H2,1-2H3. The van der Waals surface area contributed by atoms with Crippen molar-refractivity contribution in [1.82, 2.24) is 9.78 Å². The first kappa shape index (κ1) is 10.3. The zero-order valence-corrected chi connectivity index (χ0v) is 9.19. The van der Waals surface area contributed by atoms with Crippen molar-refractivity contribution < 1.29 is 4.42 Å². The normalized spacial score (nSPS) is 10.1. The second-order valence-electron chi connectivity index (χ2n) is 3.50. The van der Waals surface area contributed by atoms with Gasteiger partial charge in [0.05, 0.1) is 24.1 Å². The van der Waals surface area contributed by atoms with E-state index in [1.54, 1.807) is 23.0 Å². The summed E-state index contributed by atoms with van der Waals surface area (Å²) in [7, 11) is 1.89. The summed E-state index contributed by atoms with van der Waals surface area (Å²) in [6.07, 6.45) is 1.77. The number of hydrogen-bond acceptors (Lipinski definition) is 4. The number of nitrogens with one attached hydrogen (secondary N) is 1. The van der Waals surface area contributed by atoms with Gasteiger partial charge in [-0.2, -0.15) is 10.4 Å². The fourth-order valence-corrected chi connectivity index (χ4v) is 1.39. The predicted molar refractivity (Wildman–Crippen MR) is 58.7 cm³/mol. The third-order valence-corrected chi connectivity index (χ3v) is 2.46. The summed E-state index contributed by atoms with van der Waals surface area (Å²) in [5, 5.41) is 15.9. The first-order valence-corrected chi connectivity index (χ1v) is 4.92. The molecule has 16 heavy (non-hydrogen) atoms. The summed E-state index contributed by atoms with van der Waals surface area (Å²) in [6, 6.07) is 5.40. The van der Waals surface area contributed by atoms with Crippen molar-refractivity contribution in [3.05, 3.63) is 35.5 Å². The van der Waals surface area contributed by atoms with Gasteiger partial charge in [-0.25, -0.2) is 0 Å². The first-order valence-electron chi connectivity index (χ1n) is 4.92. The van der Waals surface area contributed by atoms with Gasteiger partial charge >= 0.3 is 0 Å². The van der Waals surface area contributed by atoms with E-state index in [4.69, 9.17) is 9.68 Å². The average Bonchev–Trinajstić information content (AvgIpc) is 2.86. The molecule has 0 atom stereocenters. The molecule has 2 aromatic rings. The third-order valence-electron chi connectivity index (χ3n) is 2.46. The Morgan fingerprint density at radius 2 is 2.38 bits per heavy atom. The zero-order chi connectivity index (χ0) is 11.5. The van der Waals surface area contributed by atoms with Crippen LogP contribution in [-0.4, -0.2) is 9.78 Å². The number of furan rings is 1. The molecule has 0 aliphatic rings. The lowest BCUT2D eigenvalue weighted by molar-refractivity contribution is 0.506. The fraction of sp³-hybridized carbons (Fsp3) is 0.273. The Morgan fingerprint density at radius 3 is 2.94 bits per heavy atom. The lowest BCUT2D eigenvalue weighted by Gasteiger charge is -2.02. The van der Waals surface area contributed by atoms with Crippen molar-refractivity contribution in [1.29, 1.82) is 5.26 Å². The minimum absolute atomic E-state index is 0.333. The van der Waals surface area contributed by atoms with Crippen molar-refractivity contribution in [2.45, 2.75) is 13.5 Å². The maximum absolute atomic E-state index is 8.61. The molecule has 2 aromatic heterocycles. The minimum atomic E-state index is 0.333. The molecular weight excluding hydrogens is 204 g/mol. The maximum Gasteiger partial charge on any atom is 0.203 e. The number of nitrogens with zero attached hydrogens (tertiary/aromatic N) is 3. The first-order chi connectivity index (χ1) is 7.70. The summed E-state index contributed by atoms with van der Waals surface area (Å²) >= 11 is 0. The molecular formula is C11H12N4O. The van der Waals surface area contributed by atoms with Crippen LogP contribution in [0.15, 0.2) is 22.7 Å². The predicted octanol–water partition coefficient (Wildman–Crippen LogP) is 1.81. The fourth-order valence-electron chi connectivity index (χ4n) is 1.39. The van der Waals surface area contributed by atoms with Crippen LogP contribution >= 0.6 is 0 Å². The van der Waals surface area contributed by atoms with Crippen LogP contribution in [0.2, 0.25) is 0 Å². The molecule has 0 radical (unpaired) electrons. The smallest absolute Gasteiger partial charge is 0.203 e. The van der Waals surface area contributed by atoms with Gasteiger partial charge in [0.25, 0.3) is 0 Å². The number of rotatable bonds is 3. The van der Waals surface area contributed by atoms with Crippen molar-refractivity contribution >= 4 is 5.69 Å². The van der Waals surface area contributed by atoms with Gasteiger partial charge in [0.2, 0.25) is 5.76 Å². The van der Waals surface area contributed by atoms with Gasteiger partial charge in [-0.3, -0.25) is 4.68 Å². The van der Waals surface area contributed by atoms with Crippen LogP contribution in [0, 0.1) is 18.3 Å². The van der Waals surface area contributed by atoms with Crippen LogP contribution in [0.4, 0.5) is 5.69 Å². The van der Waals surface area contributed by atoms with Crippen molar-refractivity contribution in [2.24, 2.45) is 7.05 Å². The summed E-state index contributed by atoms with van der Waals surface area (Å²) in [4.78, 5) is 0. The molecule has 82 valence electrons. The van der Waals surface area contributed by atoms with E-state index in [2.05, 4.69) is 10.4 Å². The average molecular weight is 216 g/mol. The van der Waals surface area contributed by atoms with Gasteiger partial charge in [-0.15, -0.1) is 0 Å². The molecule has 0 unspecified atom stereocenters. The Balaban J connectivity index is 2.02. The van der Waals surface area contributed by atoms with Crippen LogP contribution in [-0.2, 0) is 13.6 Å². The van der Waals surface area contributed by atoms with E-state index in [0.29, 0.717) is 12.3 Å². The molecule has 0 saturated carbocycles. The second-order valence-corrected chi connectivity index (χ2v) is 3.50. The van der Waals surface area contributed by atoms with E-state index in [-0.39, 0.29) is 0 Å². The topological polar surface area (TPSA) is 66.8 Å².